The highest BCUT2D eigenvalue weighted by molar-refractivity contribution is 7.13. The van der Waals surface area contributed by atoms with Gasteiger partial charge in [0.25, 0.3) is 5.56 Å². The first kappa shape index (κ1) is 46.5. The number of likely N-dealkylation sites (tertiary alicyclic amines) is 1. The van der Waals surface area contributed by atoms with E-state index in [9.17, 15) is 24.3 Å². The average molecular weight is 909 g/mol. The van der Waals surface area contributed by atoms with Crippen LogP contribution in [-0.4, -0.2) is 110 Å². The number of hydrogen-bond acceptors (Lipinski definition) is 15. The highest BCUT2D eigenvalue weighted by Gasteiger charge is 2.44. The Labute approximate surface area is 378 Å². The number of ether oxygens (including phenoxy) is 4. The largest absolute Gasteiger partial charge is 0.490 e. The number of thiazole rings is 1. The van der Waals surface area contributed by atoms with Crippen molar-refractivity contribution >= 4 is 40.2 Å². The Hall–Kier alpha value is -6.54. The topological polar surface area (TPSA) is 222 Å². The summed E-state index contributed by atoms with van der Waals surface area (Å²) in [7, 11) is 1.56. The molecule has 0 bridgehead atoms. The molecule has 0 aliphatic carbocycles. The van der Waals surface area contributed by atoms with Crippen LogP contribution in [0.1, 0.15) is 44.1 Å². The van der Waals surface area contributed by atoms with Crippen molar-refractivity contribution in [3.8, 4) is 33.5 Å². The maximum Gasteiger partial charge on any atom is 0.266 e. The molecule has 0 saturated carbocycles. The van der Waals surface area contributed by atoms with Gasteiger partial charge in [0, 0.05) is 38.7 Å². The Morgan fingerprint density at radius 1 is 0.954 bits per heavy atom. The summed E-state index contributed by atoms with van der Waals surface area (Å²) in [5.41, 5.74) is 6.02. The Kier molecular flexibility index (Phi) is 15.0. The minimum atomic E-state index is -0.977. The molecule has 19 heteroatoms. The van der Waals surface area contributed by atoms with Crippen LogP contribution in [0.3, 0.4) is 0 Å². The van der Waals surface area contributed by atoms with E-state index >= 15 is 0 Å². The van der Waals surface area contributed by atoms with Crippen molar-refractivity contribution in [2.45, 2.75) is 65.5 Å². The molecular weight excluding hydrogens is 857 g/mol. The van der Waals surface area contributed by atoms with Crippen molar-refractivity contribution in [3.63, 3.8) is 0 Å². The molecule has 1 aliphatic heterocycles. The summed E-state index contributed by atoms with van der Waals surface area (Å²) >= 11 is 1.57. The third kappa shape index (κ3) is 12.2. The molecule has 5 heterocycles. The number of β-amino-alcohol motifs (C(OH)–C–C–N with tert-alkyl or cyclic N) is 1. The van der Waals surface area contributed by atoms with E-state index in [1.165, 1.54) is 15.6 Å². The summed E-state index contributed by atoms with van der Waals surface area (Å²) in [6.45, 7) is 8.41. The van der Waals surface area contributed by atoms with Gasteiger partial charge in [0.05, 0.1) is 53.9 Å². The Morgan fingerprint density at radius 2 is 1.72 bits per heavy atom. The monoisotopic (exact) mass is 908 g/mol. The van der Waals surface area contributed by atoms with Gasteiger partial charge in [0.15, 0.2) is 5.58 Å². The second-order valence-corrected chi connectivity index (χ2v) is 17.4. The first-order valence-electron chi connectivity index (χ1n) is 21.1. The predicted molar refractivity (Wildman–Crippen MR) is 240 cm³/mol. The molecule has 4 aromatic heterocycles. The number of benzene rings is 2. The number of carbonyl (C=O) groups is 3. The van der Waals surface area contributed by atoms with Gasteiger partial charge in [-0.3, -0.25) is 24.2 Å². The predicted octanol–water partition coefficient (Wildman–Crippen LogP) is 4.22. The number of fused-ring (bicyclic) bond motifs is 1. The molecular formula is C46H52N8O10S. The Bertz CT molecular complexity index is 2640. The van der Waals surface area contributed by atoms with Gasteiger partial charge in [0.1, 0.15) is 54.6 Å². The highest BCUT2D eigenvalue weighted by atomic mass is 32.1. The molecule has 18 nitrogen and oxygen atoms in total. The smallest absolute Gasteiger partial charge is 0.266 e. The fraction of sp³-hybridized carbons (Fsp3) is 0.391. The van der Waals surface area contributed by atoms with E-state index in [1.54, 1.807) is 61.0 Å². The average Bonchev–Trinajstić information content (AvgIpc) is 4.03. The summed E-state index contributed by atoms with van der Waals surface area (Å²) in [5.74, 6) is 0.0900. The van der Waals surface area contributed by atoms with Gasteiger partial charge in [-0.25, -0.2) is 14.6 Å². The van der Waals surface area contributed by atoms with Crippen molar-refractivity contribution < 1.29 is 42.9 Å². The van der Waals surface area contributed by atoms with Gasteiger partial charge in [-0.15, -0.1) is 11.3 Å². The van der Waals surface area contributed by atoms with Gasteiger partial charge in [-0.05, 0) is 53.8 Å². The number of aromatic nitrogens is 5. The molecule has 1 saturated heterocycles. The van der Waals surface area contributed by atoms with Crippen LogP contribution in [0.25, 0.3) is 33.1 Å². The van der Waals surface area contributed by atoms with E-state index in [4.69, 9.17) is 23.4 Å². The number of rotatable bonds is 19. The van der Waals surface area contributed by atoms with Gasteiger partial charge in [-0.1, -0.05) is 45.0 Å². The van der Waals surface area contributed by atoms with Gasteiger partial charge in [0.2, 0.25) is 23.6 Å². The number of aryl methyl sites for hydroxylation is 2. The van der Waals surface area contributed by atoms with Crippen LogP contribution in [0.4, 0.5) is 0 Å². The summed E-state index contributed by atoms with van der Waals surface area (Å²) < 4.78 is 29.8. The second-order valence-electron chi connectivity index (χ2n) is 16.6. The lowest BCUT2D eigenvalue weighted by Crippen LogP contribution is -2.58. The fourth-order valence-electron chi connectivity index (χ4n) is 7.05. The van der Waals surface area contributed by atoms with Crippen molar-refractivity contribution in [3.05, 3.63) is 106 Å². The molecule has 3 N–H and O–H groups in total. The van der Waals surface area contributed by atoms with Crippen LogP contribution in [0, 0.1) is 12.3 Å². The first-order valence-corrected chi connectivity index (χ1v) is 22.0. The second kappa shape index (κ2) is 21.0. The zero-order valence-corrected chi connectivity index (χ0v) is 37.6. The lowest BCUT2D eigenvalue weighted by atomic mass is 9.85. The number of amides is 3. The van der Waals surface area contributed by atoms with Crippen LogP contribution in [0.5, 0.6) is 11.5 Å². The molecule has 1 unspecified atom stereocenters. The maximum absolute atomic E-state index is 13.9. The lowest BCUT2D eigenvalue weighted by Gasteiger charge is -2.35. The summed E-state index contributed by atoms with van der Waals surface area (Å²) in [6.07, 6.45) is 0.805. The number of oxazole rings is 1. The van der Waals surface area contributed by atoms with Gasteiger partial charge in [-0.2, -0.15) is 5.10 Å². The molecule has 0 spiro atoms. The third-order valence-corrected chi connectivity index (χ3v) is 11.5. The van der Waals surface area contributed by atoms with Crippen molar-refractivity contribution in [1.29, 1.82) is 0 Å². The molecule has 65 heavy (non-hydrogen) atoms. The van der Waals surface area contributed by atoms with Gasteiger partial charge >= 0.3 is 0 Å². The maximum atomic E-state index is 13.9. The zero-order chi connectivity index (χ0) is 46.1. The summed E-state index contributed by atoms with van der Waals surface area (Å²) in [5, 5.41) is 20.4. The zero-order valence-electron chi connectivity index (χ0n) is 36.8. The minimum absolute atomic E-state index is 0.0246. The minimum Gasteiger partial charge on any atom is -0.490 e. The molecule has 0 radical (unpaired) electrons. The number of hydrogen-bond donors (Lipinski definition) is 3. The lowest BCUT2D eigenvalue weighted by molar-refractivity contribution is -0.144. The normalized spacial score (nSPS) is 15.5. The Morgan fingerprint density at radius 3 is 2.45 bits per heavy atom. The molecule has 3 amide bonds. The summed E-state index contributed by atoms with van der Waals surface area (Å²) in [6, 6.07) is 17.8. The van der Waals surface area contributed by atoms with Crippen LogP contribution in [0.2, 0.25) is 0 Å². The van der Waals surface area contributed by atoms with Crippen LogP contribution in [-0.2, 0) is 44.1 Å². The van der Waals surface area contributed by atoms with E-state index in [-0.39, 0.29) is 70.6 Å². The van der Waals surface area contributed by atoms with Gasteiger partial charge < -0.3 is 44.0 Å². The molecule has 6 aromatic rings. The molecule has 342 valence electrons. The van der Waals surface area contributed by atoms with Crippen molar-refractivity contribution in [2.75, 3.05) is 39.6 Å². The van der Waals surface area contributed by atoms with Crippen LogP contribution >= 0.6 is 11.3 Å². The number of pyridine rings is 1. The van der Waals surface area contributed by atoms with E-state index < -0.39 is 35.4 Å². The number of carbonyl (C=O) groups excluding carboxylic acids is 3. The molecule has 7 rings (SSSR count). The number of aliphatic hydroxyl groups is 1. The fourth-order valence-corrected chi connectivity index (χ4v) is 7.86. The standard InChI is InChI=1S/C46H52N8O10S/c1-28-41(65-27-49-28)30-8-6-29(7-9-30)22-48-43(58)37-20-32(55)24-54(37)45(59)42(46(2,3)4)51-39(56)26-61-17-16-60-18-19-62-34-11-10-31(47-23-34)25-63-33-12-14-38-36(21-33)50-44(64-38)35-13-15-40(57)53(5)52-35/h6-15,21,23,27,32,37,42,55H,16-20,22,24-26H2,1-5H3,(H,48,58)(H,51,56)/t32-,37+,42?/m0/s1. The SMILES string of the molecule is Cc1ncsc1-c1ccc(CNC(=O)[C@H]2C[C@H](O)CN2C(=O)C(NC(=O)COCCOCCOc2ccc(COc3ccc4oc(-c5ccc(=O)n(C)n5)nc4c3)nc2)C(C)(C)C)cc1. The van der Waals surface area contributed by atoms with Crippen LogP contribution in [0.15, 0.2) is 87.6 Å². The number of nitrogens with zero attached hydrogens (tertiary/aromatic N) is 6. The van der Waals surface area contributed by atoms with E-state index in [2.05, 4.69) is 30.7 Å². The van der Waals surface area contributed by atoms with E-state index in [0.717, 1.165) is 21.7 Å². The summed E-state index contributed by atoms with van der Waals surface area (Å²) in [4.78, 5) is 67.6. The number of nitrogens with one attached hydrogen (secondary N) is 2. The van der Waals surface area contributed by atoms with Crippen LogP contribution < -0.4 is 25.7 Å². The molecule has 1 aliphatic rings. The number of aliphatic hydroxyl groups excluding tert-OH is 1. The molecule has 2 aromatic carbocycles. The molecule has 3 atom stereocenters. The Balaban J connectivity index is 0.783. The first-order chi connectivity index (χ1) is 31.2. The van der Waals surface area contributed by atoms with Crippen molar-refractivity contribution in [1.82, 2.24) is 40.3 Å². The highest BCUT2D eigenvalue weighted by Crippen LogP contribution is 2.29. The quantitative estimate of drug-likeness (QED) is 0.0970. The van der Waals surface area contributed by atoms with E-state index in [0.29, 0.717) is 39.9 Å². The van der Waals surface area contributed by atoms with Crippen molar-refractivity contribution in [2.24, 2.45) is 12.5 Å². The van der Waals surface area contributed by atoms with E-state index in [1.807, 2.05) is 57.5 Å². The molecule has 1 fully saturated rings. The third-order valence-electron chi connectivity index (χ3n) is 10.5.